The zero-order valence-corrected chi connectivity index (χ0v) is 12.8. The van der Waals surface area contributed by atoms with Crippen molar-refractivity contribution in [3.8, 4) is 0 Å². The number of unbranched alkanes of at least 4 members (excludes halogenated alkanes) is 3. The maximum atomic E-state index is 3.69. The largest absolute Gasteiger partial charge is 0.358 e. The van der Waals surface area contributed by atoms with Gasteiger partial charge in [-0.05, 0) is 43.2 Å². The second-order valence-corrected chi connectivity index (χ2v) is 6.44. The minimum absolute atomic E-state index is 0.904. The predicted molar refractivity (Wildman–Crippen MR) is 87.2 cm³/mol. The first kappa shape index (κ1) is 13.7. The molecule has 1 aromatic carbocycles. The standard InChI is InChI=1S/C19H27N/c1-2-3-4-5-9-15-10-8-12-17-16-11-6-7-13-18(16)20-19(17)14-15/h6-7,11,13,15,20H,2-5,8-10,12,14H2,1H3. The van der Waals surface area contributed by atoms with Gasteiger partial charge in [0, 0.05) is 16.6 Å². The summed E-state index contributed by atoms with van der Waals surface area (Å²) < 4.78 is 0. The van der Waals surface area contributed by atoms with E-state index >= 15 is 0 Å². The Hall–Kier alpha value is -1.24. The van der Waals surface area contributed by atoms with E-state index in [0.29, 0.717) is 0 Å². The molecule has 0 amide bonds. The van der Waals surface area contributed by atoms with Gasteiger partial charge in [-0.3, -0.25) is 0 Å². The normalized spacial score (nSPS) is 18.9. The van der Waals surface area contributed by atoms with E-state index in [4.69, 9.17) is 0 Å². The second kappa shape index (κ2) is 6.47. The first-order chi connectivity index (χ1) is 9.88. The van der Waals surface area contributed by atoms with Gasteiger partial charge in [0.1, 0.15) is 0 Å². The number of nitrogens with one attached hydrogen (secondary N) is 1. The summed E-state index contributed by atoms with van der Waals surface area (Å²) in [6.07, 6.45) is 12.4. The Morgan fingerprint density at radius 3 is 2.95 bits per heavy atom. The summed E-state index contributed by atoms with van der Waals surface area (Å²) in [5.41, 5.74) is 4.48. The first-order valence-electron chi connectivity index (χ1n) is 8.47. The van der Waals surface area contributed by atoms with Crippen molar-refractivity contribution in [1.82, 2.24) is 4.98 Å². The molecule has 0 saturated heterocycles. The molecule has 1 heterocycles. The van der Waals surface area contributed by atoms with Crippen LogP contribution in [0, 0.1) is 5.92 Å². The number of hydrogen-bond donors (Lipinski definition) is 1. The molecule has 1 aliphatic carbocycles. The van der Waals surface area contributed by atoms with Crippen LogP contribution in [0.25, 0.3) is 10.9 Å². The lowest BCUT2D eigenvalue weighted by atomic mass is 9.93. The van der Waals surface area contributed by atoms with Crippen molar-refractivity contribution in [2.24, 2.45) is 5.92 Å². The lowest BCUT2D eigenvalue weighted by Crippen LogP contribution is -2.03. The quantitative estimate of drug-likeness (QED) is 0.534. The number of H-pyrrole nitrogens is 1. The zero-order valence-electron chi connectivity index (χ0n) is 12.8. The Morgan fingerprint density at radius 1 is 1.15 bits per heavy atom. The average Bonchev–Trinajstić information content (AvgIpc) is 2.68. The monoisotopic (exact) mass is 269 g/mol. The fourth-order valence-corrected chi connectivity index (χ4v) is 3.78. The molecule has 0 aliphatic heterocycles. The summed E-state index contributed by atoms with van der Waals surface area (Å²) in [5.74, 6) is 0.904. The van der Waals surface area contributed by atoms with Crippen LogP contribution in [0.2, 0.25) is 0 Å². The fraction of sp³-hybridized carbons (Fsp3) is 0.579. The maximum absolute atomic E-state index is 3.69. The molecule has 2 aromatic rings. The molecule has 1 aliphatic rings. The molecule has 1 N–H and O–H groups in total. The Labute approximate surface area is 122 Å². The number of hydrogen-bond acceptors (Lipinski definition) is 0. The molecule has 1 nitrogen and oxygen atoms in total. The molecular weight excluding hydrogens is 242 g/mol. The summed E-state index contributed by atoms with van der Waals surface area (Å²) in [6, 6.07) is 8.82. The predicted octanol–water partition coefficient (Wildman–Crippen LogP) is 5.63. The SMILES string of the molecule is CCCCCCC1CCCc2c([nH]c3ccccc23)C1. The Kier molecular flexibility index (Phi) is 4.44. The summed E-state index contributed by atoms with van der Waals surface area (Å²) >= 11 is 0. The van der Waals surface area contributed by atoms with Crippen molar-refractivity contribution in [3.05, 3.63) is 35.5 Å². The summed E-state index contributed by atoms with van der Waals surface area (Å²) in [7, 11) is 0. The van der Waals surface area contributed by atoms with Gasteiger partial charge >= 0.3 is 0 Å². The van der Waals surface area contributed by atoms with E-state index in [-0.39, 0.29) is 0 Å². The smallest absolute Gasteiger partial charge is 0.0458 e. The second-order valence-electron chi connectivity index (χ2n) is 6.44. The molecule has 1 aromatic heterocycles. The van der Waals surface area contributed by atoms with E-state index in [2.05, 4.69) is 36.2 Å². The number of aromatic amines is 1. The van der Waals surface area contributed by atoms with Crippen LogP contribution in [0.15, 0.2) is 24.3 Å². The van der Waals surface area contributed by atoms with Crippen LogP contribution in [0.1, 0.15) is 63.1 Å². The van der Waals surface area contributed by atoms with E-state index in [1.807, 2.05) is 0 Å². The number of rotatable bonds is 5. The molecule has 1 unspecified atom stereocenters. The van der Waals surface area contributed by atoms with Gasteiger partial charge in [0.05, 0.1) is 0 Å². The minimum Gasteiger partial charge on any atom is -0.358 e. The molecule has 3 rings (SSSR count). The lowest BCUT2D eigenvalue weighted by molar-refractivity contribution is 0.420. The van der Waals surface area contributed by atoms with Crippen LogP contribution >= 0.6 is 0 Å². The first-order valence-corrected chi connectivity index (χ1v) is 8.47. The van der Waals surface area contributed by atoms with Gasteiger partial charge in [-0.15, -0.1) is 0 Å². The minimum atomic E-state index is 0.904. The Balaban J connectivity index is 1.71. The number of aryl methyl sites for hydroxylation is 1. The van der Waals surface area contributed by atoms with Crippen LogP contribution in [0.3, 0.4) is 0 Å². The van der Waals surface area contributed by atoms with Crippen molar-refractivity contribution in [3.63, 3.8) is 0 Å². The van der Waals surface area contributed by atoms with Crippen LogP contribution < -0.4 is 0 Å². The molecule has 1 atom stereocenters. The highest BCUT2D eigenvalue weighted by atomic mass is 14.7. The average molecular weight is 269 g/mol. The van der Waals surface area contributed by atoms with E-state index < -0.39 is 0 Å². The molecule has 0 saturated carbocycles. The van der Waals surface area contributed by atoms with Crippen molar-refractivity contribution in [2.45, 2.75) is 64.7 Å². The molecule has 20 heavy (non-hydrogen) atoms. The highest BCUT2D eigenvalue weighted by molar-refractivity contribution is 5.84. The zero-order chi connectivity index (χ0) is 13.8. The van der Waals surface area contributed by atoms with Crippen LogP contribution in [-0.2, 0) is 12.8 Å². The highest BCUT2D eigenvalue weighted by Gasteiger charge is 2.19. The van der Waals surface area contributed by atoms with E-state index in [1.54, 1.807) is 5.56 Å². The molecule has 1 heteroatoms. The summed E-state index contributed by atoms with van der Waals surface area (Å²) in [6.45, 7) is 2.29. The van der Waals surface area contributed by atoms with Gasteiger partial charge in [-0.2, -0.15) is 0 Å². The molecule has 0 radical (unpaired) electrons. The molecule has 0 bridgehead atoms. The molecule has 0 fully saturated rings. The van der Waals surface area contributed by atoms with Gasteiger partial charge in [-0.1, -0.05) is 57.2 Å². The third-order valence-corrected chi connectivity index (χ3v) is 4.90. The van der Waals surface area contributed by atoms with Crippen molar-refractivity contribution in [1.29, 1.82) is 0 Å². The van der Waals surface area contributed by atoms with Crippen LogP contribution in [-0.4, -0.2) is 4.98 Å². The fourth-order valence-electron chi connectivity index (χ4n) is 3.78. The van der Waals surface area contributed by atoms with Crippen LogP contribution in [0.5, 0.6) is 0 Å². The van der Waals surface area contributed by atoms with E-state index in [9.17, 15) is 0 Å². The number of para-hydroxylation sites is 1. The van der Waals surface area contributed by atoms with Gasteiger partial charge in [0.15, 0.2) is 0 Å². The number of benzene rings is 1. The van der Waals surface area contributed by atoms with Crippen molar-refractivity contribution in [2.75, 3.05) is 0 Å². The lowest BCUT2D eigenvalue weighted by Gasteiger charge is -2.13. The van der Waals surface area contributed by atoms with E-state index in [1.165, 1.54) is 74.4 Å². The number of aromatic nitrogens is 1. The third kappa shape index (κ3) is 2.92. The topological polar surface area (TPSA) is 15.8 Å². The van der Waals surface area contributed by atoms with Crippen molar-refractivity contribution >= 4 is 10.9 Å². The molecule has 0 spiro atoms. The van der Waals surface area contributed by atoms with E-state index in [0.717, 1.165) is 5.92 Å². The molecule has 108 valence electrons. The van der Waals surface area contributed by atoms with Crippen LogP contribution in [0.4, 0.5) is 0 Å². The van der Waals surface area contributed by atoms with Gasteiger partial charge in [0.2, 0.25) is 0 Å². The van der Waals surface area contributed by atoms with Gasteiger partial charge in [0.25, 0.3) is 0 Å². The van der Waals surface area contributed by atoms with Gasteiger partial charge < -0.3 is 4.98 Å². The van der Waals surface area contributed by atoms with Gasteiger partial charge in [-0.25, -0.2) is 0 Å². The summed E-state index contributed by atoms with van der Waals surface area (Å²) in [5, 5.41) is 1.47. The maximum Gasteiger partial charge on any atom is 0.0458 e. The summed E-state index contributed by atoms with van der Waals surface area (Å²) in [4.78, 5) is 3.69. The highest BCUT2D eigenvalue weighted by Crippen LogP contribution is 2.32. The van der Waals surface area contributed by atoms with Crippen molar-refractivity contribution < 1.29 is 0 Å². The Morgan fingerprint density at radius 2 is 2.05 bits per heavy atom. The third-order valence-electron chi connectivity index (χ3n) is 4.90. The molecular formula is C19H27N. The Bertz CT molecular complexity index is 552. The number of fused-ring (bicyclic) bond motifs is 3.